The maximum atomic E-state index is 11.8. The molecule has 0 radical (unpaired) electrons. The van der Waals surface area contributed by atoms with E-state index in [0.717, 1.165) is 5.56 Å². The zero-order chi connectivity index (χ0) is 19.1. The third kappa shape index (κ3) is 5.89. The predicted octanol–water partition coefficient (Wildman–Crippen LogP) is 3.41. The van der Waals surface area contributed by atoms with Gasteiger partial charge in [0.05, 0.1) is 10.7 Å². The number of aryl methyl sites for hydroxylation is 1. The van der Waals surface area contributed by atoms with E-state index in [1.165, 1.54) is 13.0 Å². The van der Waals surface area contributed by atoms with Gasteiger partial charge in [-0.25, -0.2) is 4.79 Å². The molecule has 26 heavy (non-hydrogen) atoms. The molecule has 136 valence electrons. The lowest BCUT2D eigenvalue weighted by Gasteiger charge is -2.09. The van der Waals surface area contributed by atoms with E-state index in [9.17, 15) is 14.4 Å². The van der Waals surface area contributed by atoms with Gasteiger partial charge in [-0.2, -0.15) is 0 Å². The fraction of sp³-hybridized carbons (Fsp3) is 0.211. The Morgan fingerprint density at radius 1 is 1.08 bits per heavy atom. The van der Waals surface area contributed by atoms with Gasteiger partial charge in [0.2, 0.25) is 0 Å². The third-order valence-electron chi connectivity index (χ3n) is 3.36. The number of nitrogens with one attached hydrogen (secondary N) is 1. The van der Waals surface area contributed by atoms with Crippen molar-refractivity contribution in [1.29, 1.82) is 0 Å². The Balaban J connectivity index is 1.78. The highest BCUT2D eigenvalue weighted by molar-refractivity contribution is 6.33. The van der Waals surface area contributed by atoms with Crippen LogP contribution in [0, 0.1) is 6.92 Å². The summed E-state index contributed by atoms with van der Waals surface area (Å²) >= 11 is 6.02. The van der Waals surface area contributed by atoms with Crippen LogP contribution in [0.3, 0.4) is 0 Å². The monoisotopic (exact) mass is 375 g/mol. The minimum atomic E-state index is -0.705. The molecule has 0 bridgehead atoms. The molecule has 7 heteroatoms. The average molecular weight is 376 g/mol. The number of ether oxygens (including phenoxy) is 2. The van der Waals surface area contributed by atoms with Crippen molar-refractivity contribution in [2.24, 2.45) is 0 Å². The molecule has 0 spiro atoms. The van der Waals surface area contributed by atoms with Gasteiger partial charge >= 0.3 is 5.97 Å². The first-order valence-electron chi connectivity index (χ1n) is 7.80. The Bertz CT molecular complexity index is 834. The lowest BCUT2D eigenvalue weighted by molar-refractivity contribution is -0.149. The number of halogens is 1. The number of hydrogen-bond donors (Lipinski definition) is 1. The zero-order valence-corrected chi connectivity index (χ0v) is 15.1. The second-order valence-corrected chi connectivity index (χ2v) is 5.97. The van der Waals surface area contributed by atoms with Gasteiger partial charge in [0.15, 0.2) is 19.0 Å². The van der Waals surface area contributed by atoms with Crippen LogP contribution in [-0.4, -0.2) is 30.9 Å². The van der Waals surface area contributed by atoms with Gasteiger partial charge in [0, 0.05) is 5.56 Å². The minimum Gasteiger partial charge on any atom is -0.482 e. The number of anilines is 1. The third-order valence-corrected chi connectivity index (χ3v) is 3.67. The van der Waals surface area contributed by atoms with E-state index in [-0.39, 0.29) is 12.4 Å². The van der Waals surface area contributed by atoms with Crippen LogP contribution in [0.15, 0.2) is 42.5 Å². The summed E-state index contributed by atoms with van der Waals surface area (Å²) in [4.78, 5) is 34.8. The van der Waals surface area contributed by atoms with E-state index in [0.29, 0.717) is 22.0 Å². The summed E-state index contributed by atoms with van der Waals surface area (Å²) in [6.07, 6.45) is 0. The van der Waals surface area contributed by atoms with Crippen molar-refractivity contribution in [1.82, 2.24) is 0 Å². The van der Waals surface area contributed by atoms with Crippen molar-refractivity contribution < 1.29 is 23.9 Å². The lowest BCUT2D eigenvalue weighted by atomic mass is 10.1. The second kappa shape index (κ2) is 9.01. The summed E-state index contributed by atoms with van der Waals surface area (Å²) in [6, 6.07) is 11.6. The molecule has 2 aromatic carbocycles. The number of amides is 1. The molecule has 0 aliphatic carbocycles. The summed E-state index contributed by atoms with van der Waals surface area (Å²) in [5.74, 6) is -0.957. The first-order valence-corrected chi connectivity index (χ1v) is 8.18. The molecular formula is C19H18ClNO5. The average Bonchev–Trinajstić information content (AvgIpc) is 2.61. The summed E-state index contributed by atoms with van der Waals surface area (Å²) in [6.45, 7) is 2.48. The number of ketones is 1. The molecule has 0 saturated heterocycles. The van der Waals surface area contributed by atoms with Crippen molar-refractivity contribution in [3.63, 3.8) is 0 Å². The molecule has 0 heterocycles. The van der Waals surface area contributed by atoms with Crippen molar-refractivity contribution >= 4 is 34.9 Å². The zero-order valence-electron chi connectivity index (χ0n) is 14.4. The number of benzene rings is 2. The number of esters is 1. The van der Waals surface area contributed by atoms with Gasteiger partial charge in [-0.1, -0.05) is 29.8 Å². The quantitative estimate of drug-likeness (QED) is 0.592. The van der Waals surface area contributed by atoms with Gasteiger partial charge in [-0.3, -0.25) is 9.59 Å². The smallest absolute Gasteiger partial charge is 0.344 e. The SMILES string of the molecule is CC(=O)c1cccc(OCC(=O)OCC(=O)Nc2ccc(C)cc2Cl)c1. The van der Waals surface area contributed by atoms with Crippen LogP contribution in [0.4, 0.5) is 5.69 Å². The summed E-state index contributed by atoms with van der Waals surface area (Å²) < 4.78 is 10.1. The Hall–Kier alpha value is -2.86. The number of carbonyl (C=O) groups is 3. The van der Waals surface area contributed by atoms with Gasteiger partial charge in [0.25, 0.3) is 5.91 Å². The van der Waals surface area contributed by atoms with Gasteiger partial charge < -0.3 is 14.8 Å². The maximum Gasteiger partial charge on any atom is 0.344 e. The minimum absolute atomic E-state index is 0.107. The van der Waals surface area contributed by atoms with Crippen LogP contribution in [0.25, 0.3) is 0 Å². The summed E-state index contributed by atoms with van der Waals surface area (Å²) in [7, 11) is 0. The highest BCUT2D eigenvalue weighted by atomic mass is 35.5. The molecular weight excluding hydrogens is 358 g/mol. The van der Waals surface area contributed by atoms with Crippen LogP contribution in [0.5, 0.6) is 5.75 Å². The topological polar surface area (TPSA) is 81.7 Å². The van der Waals surface area contributed by atoms with Crippen molar-refractivity contribution in [2.45, 2.75) is 13.8 Å². The van der Waals surface area contributed by atoms with Crippen LogP contribution in [0.2, 0.25) is 5.02 Å². The predicted molar refractivity (Wildman–Crippen MR) is 97.7 cm³/mol. The summed E-state index contributed by atoms with van der Waals surface area (Å²) in [5, 5.41) is 2.96. The van der Waals surface area contributed by atoms with Crippen LogP contribution >= 0.6 is 11.6 Å². The Labute approximate surface area is 156 Å². The Kier molecular flexibility index (Phi) is 6.74. The molecule has 0 fully saturated rings. The molecule has 1 amide bonds. The standard InChI is InChI=1S/C19H18ClNO5/c1-12-6-7-17(16(20)8-12)21-18(23)10-26-19(24)11-25-15-5-3-4-14(9-15)13(2)22/h3-9H,10-11H2,1-2H3,(H,21,23). The number of carbonyl (C=O) groups excluding carboxylic acids is 3. The maximum absolute atomic E-state index is 11.8. The largest absolute Gasteiger partial charge is 0.482 e. The van der Waals surface area contributed by atoms with Gasteiger partial charge in [-0.05, 0) is 43.7 Å². The highest BCUT2D eigenvalue weighted by Gasteiger charge is 2.11. The first kappa shape index (κ1) is 19.5. The number of rotatable bonds is 7. The number of Topliss-reactive ketones (excluding diaryl/α,β-unsaturated/α-hetero) is 1. The van der Waals surface area contributed by atoms with Crippen molar-refractivity contribution in [3.05, 3.63) is 58.6 Å². The molecule has 0 unspecified atom stereocenters. The molecule has 0 saturated carbocycles. The molecule has 0 aliphatic heterocycles. The first-order chi connectivity index (χ1) is 12.3. The summed E-state index contributed by atoms with van der Waals surface area (Å²) in [5.41, 5.74) is 1.88. The number of hydrogen-bond acceptors (Lipinski definition) is 5. The van der Waals surface area contributed by atoms with E-state index in [2.05, 4.69) is 5.32 Å². The Morgan fingerprint density at radius 2 is 1.85 bits per heavy atom. The van der Waals surface area contributed by atoms with Crippen molar-refractivity contribution in [2.75, 3.05) is 18.5 Å². The Morgan fingerprint density at radius 3 is 2.54 bits per heavy atom. The molecule has 0 aliphatic rings. The van der Waals surface area contributed by atoms with Crippen LogP contribution < -0.4 is 10.1 Å². The van der Waals surface area contributed by atoms with Crippen LogP contribution in [-0.2, 0) is 14.3 Å². The fourth-order valence-electron chi connectivity index (χ4n) is 2.04. The van der Waals surface area contributed by atoms with Gasteiger partial charge in [-0.15, -0.1) is 0 Å². The molecule has 1 N–H and O–H groups in total. The van der Waals surface area contributed by atoms with E-state index in [1.54, 1.807) is 36.4 Å². The molecule has 0 aromatic heterocycles. The van der Waals surface area contributed by atoms with E-state index >= 15 is 0 Å². The molecule has 2 aromatic rings. The normalized spacial score (nSPS) is 10.1. The lowest BCUT2D eigenvalue weighted by Crippen LogP contribution is -2.23. The van der Waals surface area contributed by atoms with E-state index in [1.807, 2.05) is 6.92 Å². The van der Waals surface area contributed by atoms with E-state index < -0.39 is 18.5 Å². The molecule has 0 atom stereocenters. The highest BCUT2D eigenvalue weighted by Crippen LogP contribution is 2.22. The fourth-order valence-corrected chi connectivity index (χ4v) is 2.32. The molecule has 2 rings (SSSR count). The van der Waals surface area contributed by atoms with Crippen molar-refractivity contribution in [3.8, 4) is 5.75 Å². The molecule has 6 nitrogen and oxygen atoms in total. The van der Waals surface area contributed by atoms with Crippen LogP contribution in [0.1, 0.15) is 22.8 Å². The second-order valence-electron chi connectivity index (χ2n) is 5.56. The van der Waals surface area contributed by atoms with Gasteiger partial charge in [0.1, 0.15) is 5.75 Å². The van der Waals surface area contributed by atoms with E-state index in [4.69, 9.17) is 21.1 Å².